The first kappa shape index (κ1) is 28.9. The van der Waals surface area contributed by atoms with E-state index in [2.05, 4.69) is 64.5 Å². The molecule has 1 aliphatic heterocycles. The number of halogens is 1. The molecule has 1 saturated heterocycles. The van der Waals surface area contributed by atoms with E-state index in [0.29, 0.717) is 37.4 Å². The van der Waals surface area contributed by atoms with Crippen LogP contribution in [0.15, 0.2) is 0 Å². The van der Waals surface area contributed by atoms with E-state index in [1.165, 1.54) is 0 Å². The average Bonchev–Trinajstić information content (AvgIpc) is 3.09. The number of ether oxygens (including phenoxy) is 3. The number of nitrogens with zero attached hydrogens (tertiary/aromatic N) is 5. The molecule has 0 saturated carbocycles. The number of aromatic nitrogens is 4. The molecule has 36 heavy (non-hydrogen) atoms. The van der Waals surface area contributed by atoms with Crippen molar-refractivity contribution in [2.45, 2.75) is 78.6 Å². The summed E-state index contributed by atoms with van der Waals surface area (Å²) in [6, 6.07) is 1.10. The second-order valence-electron chi connectivity index (χ2n) is 12.0. The van der Waals surface area contributed by atoms with Crippen molar-refractivity contribution >= 4 is 53.7 Å². The average molecular weight is 633 g/mol. The molecule has 3 rings (SSSR count). The zero-order valence-corrected chi connectivity index (χ0v) is 26.1. The SMILES string of the molecule is COc1nc(N2CCC(C)(CNC(=O)OC(C)(C)C)CC2)nc2c1c(I)nn2COCC[Si](C)(C)C. The summed E-state index contributed by atoms with van der Waals surface area (Å²) >= 11 is 2.20. The fourth-order valence-corrected chi connectivity index (χ4v) is 5.41. The van der Waals surface area contributed by atoms with Gasteiger partial charge in [-0.3, -0.25) is 0 Å². The van der Waals surface area contributed by atoms with Gasteiger partial charge in [-0.2, -0.15) is 15.1 Å². The lowest BCUT2D eigenvalue weighted by Crippen LogP contribution is -2.46. The van der Waals surface area contributed by atoms with Gasteiger partial charge in [0, 0.05) is 34.3 Å². The van der Waals surface area contributed by atoms with E-state index >= 15 is 0 Å². The maximum atomic E-state index is 12.1. The van der Waals surface area contributed by atoms with Gasteiger partial charge in [0.2, 0.25) is 11.8 Å². The minimum atomic E-state index is -1.16. The lowest BCUT2D eigenvalue weighted by Gasteiger charge is -2.39. The van der Waals surface area contributed by atoms with Gasteiger partial charge in [-0.15, -0.1) is 0 Å². The van der Waals surface area contributed by atoms with Gasteiger partial charge in [-0.25, -0.2) is 9.48 Å². The number of amides is 1. The van der Waals surface area contributed by atoms with Crippen LogP contribution in [0.25, 0.3) is 11.0 Å². The molecule has 202 valence electrons. The molecule has 2 aromatic heterocycles. The summed E-state index contributed by atoms with van der Waals surface area (Å²) in [5.74, 6) is 1.15. The minimum absolute atomic E-state index is 0.0248. The molecule has 0 spiro atoms. The highest BCUT2D eigenvalue weighted by atomic mass is 127. The summed E-state index contributed by atoms with van der Waals surface area (Å²) in [6.45, 7) is 18.0. The van der Waals surface area contributed by atoms with Gasteiger partial charge in [0.05, 0.1) is 7.11 Å². The number of nitrogens with one attached hydrogen (secondary N) is 1. The third-order valence-electron chi connectivity index (χ3n) is 6.22. The van der Waals surface area contributed by atoms with Crippen LogP contribution in [0.2, 0.25) is 25.7 Å². The Bertz CT molecular complexity index is 1060. The quantitative estimate of drug-likeness (QED) is 0.237. The Balaban J connectivity index is 1.69. The summed E-state index contributed by atoms with van der Waals surface area (Å²) in [6.07, 6.45) is 1.41. The fourth-order valence-electron chi connectivity index (χ4n) is 3.92. The normalized spacial score (nSPS) is 16.3. The van der Waals surface area contributed by atoms with Crippen LogP contribution in [-0.2, 0) is 16.2 Å². The van der Waals surface area contributed by atoms with E-state index in [-0.39, 0.29) is 11.5 Å². The molecule has 1 N–H and O–H groups in total. The largest absolute Gasteiger partial charge is 0.480 e. The van der Waals surface area contributed by atoms with Crippen molar-refractivity contribution in [3.05, 3.63) is 3.70 Å². The highest BCUT2D eigenvalue weighted by Gasteiger charge is 2.33. The molecule has 10 nitrogen and oxygen atoms in total. The van der Waals surface area contributed by atoms with E-state index in [1.807, 2.05) is 20.8 Å². The molecule has 0 aliphatic carbocycles. The third-order valence-corrected chi connectivity index (χ3v) is 8.68. The Labute approximate surface area is 229 Å². The Hall–Kier alpha value is -1.67. The van der Waals surface area contributed by atoms with Crippen molar-refractivity contribution in [1.29, 1.82) is 0 Å². The van der Waals surface area contributed by atoms with Gasteiger partial charge in [0.1, 0.15) is 21.4 Å². The number of anilines is 1. The van der Waals surface area contributed by atoms with Gasteiger partial charge in [-0.05, 0) is 67.7 Å². The number of fused-ring (bicyclic) bond motifs is 1. The Morgan fingerprint density at radius 3 is 2.44 bits per heavy atom. The summed E-state index contributed by atoms with van der Waals surface area (Å²) in [5, 5.41) is 8.38. The monoisotopic (exact) mass is 632 g/mol. The number of rotatable bonds is 9. The molecular formula is C24H41IN6O4Si. The molecule has 3 heterocycles. The molecule has 0 radical (unpaired) electrons. The molecule has 2 aromatic rings. The van der Waals surface area contributed by atoms with E-state index in [9.17, 15) is 4.79 Å². The standard InChI is InChI=1S/C24H41IN6O4Si/c1-23(2,3)35-22(32)26-15-24(4)9-11-30(12-10-24)21-27-19-17(20(28-21)33-5)18(25)29-31(19)16-34-13-14-36(6,7)8/h9-16H2,1-8H3,(H,26,32). The Morgan fingerprint density at radius 2 is 1.86 bits per heavy atom. The number of alkyl carbamates (subject to hydrolysis) is 1. The second kappa shape index (κ2) is 11.4. The molecule has 1 aliphatic rings. The molecule has 1 fully saturated rings. The predicted octanol–water partition coefficient (Wildman–Crippen LogP) is 4.88. The molecule has 0 aromatic carbocycles. The van der Waals surface area contributed by atoms with Gasteiger partial charge >= 0.3 is 6.09 Å². The zero-order valence-electron chi connectivity index (χ0n) is 22.9. The highest BCUT2D eigenvalue weighted by Crippen LogP contribution is 2.34. The van der Waals surface area contributed by atoms with Crippen molar-refractivity contribution < 1.29 is 19.0 Å². The maximum Gasteiger partial charge on any atom is 0.407 e. The summed E-state index contributed by atoms with van der Waals surface area (Å²) in [4.78, 5) is 23.9. The van der Waals surface area contributed by atoms with Gasteiger partial charge in [0.15, 0.2) is 5.65 Å². The number of carbonyl (C=O) groups is 1. The first-order chi connectivity index (χ1) is 16.7. The lowest BCUT2D eigenvalue weighted by molar-refractivity contribution is 0.0495. The maximum absolute atomic E-state index is 12.1. The van der Waals surface area contributed by atoms with Crippen LogP contribution in [-0.4, -0.2) is 72.9 Å². The molecule has 0 bridgehead atoms. The molecule has 0 atom stereocenters. The van der Waals surface area contributed by atoms with Crippen LogP contribution in [0.1, 0.15) is 40.5 Å². The van der Waals surface area contributed by atoms with Crippen LogP contribution in [0.4, 0.5) is 10.7 Å². The van der Waals surface area contributed by atoms with Crippen molar-refractivity contribution in [3.8, 4) is 5.88 Å². The van der Waals surface area contributed by atoms with Gasteiger partial charge in [-0.1, -0.05) is 26.6 Å². The Morgan fingerprint density at radius 1 is 1.19 bits per heavy atom. The Kier molecular flexibility index (Phi) is 9.13. The van der Waals surface area contributed by atoms with E-state index in [4.69, 9.17) is 24.2 Å². The molecular weight excluding hydrogens is 591 g/mol. The predicted molar refractivity (Wildman–Crippen MR) is 152 cm³/mol. The zero-order chi connectivity index (χ0) is 26.7. The second-order valence-corrected chi connectivity index (χ2v) is 18.7. The van der Waals surface area contributed by atoms with Crippen LogP contribution in [0.5, 0.6) is 5.88 Å². The van der Waals surface area contributed by atoms with Crippen LogP contribution < -0.4 is 15.0 Å². The highest BCUT2D eigenvalue weighted by molar-refractivity contribution is 14.1. The number of methoxy groups -OCH3 is 1. The van der Waals surface area contributed by atoms with Crippen molar-refractivity contribution in [1.82, 2.24) is 25.1 Å². The summed E-state index contributed by atoms with van der Waals surface area (Å²) in [5.41, 5.74) is 0.185. The number of carbonyl (C=O) groups excluding carboxylic acids is 1. The first-order valence-electron chi connectivity index (χ1n) is 12.5. The minimum Gasteiger partial charge on any atom is -0.480 e. The fraction of sp³-hybridized carbons (Fsp3) is 0.750. The van der Waals surface area contributed by atoms with Crippen LogP contribution in [0, 0.1) is 9.12 Å². The van der Waals surface area contributed by atoms with Gasteiger partial charge in [0.25, 0.3) is 0 Å². The molecule has 12 heteroatoms. The molecule has 0 unspecified atom stereocenters. The van der Waals surface area contributed by atoms with Crippen LogP contribution >= 0.6 is 22.6 Å². The number of hydrogen-bond acceptors (Lipinski definition) is 8. The topological polar surface area (TPSA) is 104 Å². The number of hydrogen-bond donors (Lipinski definition) is 1. The van der Waals surface area contributed by atoms with Crippen LogP contribution in [0.3, 0.4) is 0 Å². The lowest BCUT2D eigenvalue weighted by atomic mass is 9.80. The first-order valence-corrected chi connectivity index (χ1v) is 17.3. The van der Waals surface area contributed by atoms with E-state index in [0.717, 1.165) is 41.1 Å². The van der Waals surface area contributed by atoms with E-state index in [1.54, 1.807) is 11.8 Å². The third kappa shape index (κ3) is 7.91. The van der Waals surface area contributed by atoms with Crippen molar-refractivity contribution in [3.63, 3.8) is 0 Å². The summed E-state index contributed by atoms with van der Waals surface area (Å²) < 4.78 is 19.6. The smallest absolute Gasteiger partial charge is 0.407 e. The van der Waals surface area contributed by atoms with Crippen molar-refractivity contribution in [2.75, 3.05) is 38.3 Å². The van der Waals surface area contributed by atoms with Gasteiger partial charge < -0.3 is 24.4 Å². The van der Waals surface area contributed by atoms with Crippen molar-refractivity contribution in [2.24, 2.45) is 5.41 Å². The number of piperidine rings is 1. The molecule has 1 amide bonds. The summed E-state index contributed by atoms with van der Waals surface area (Å²) in [7, 11) is 0.460. The van der Waals surface area contributed by atoms with E-state index < -0.39 is 13.7 Å².